The van der Waals surface area contributed by atoms with Crippen LogP contribution in [0.15, 0.2) is 42.5 Å². The van der Waals surface area contributed by atoms with Crippen LogP contribution >= 0.6 is 11.6 Å². The highest BCUT2D eigenvalue weighted by molar-refractivity contribution is 6.31. The number of para-hydroxylation sites is 1. The van der Waals surface area contributed by atoms with Crippen LogP contribution in [0.1, 0.15) is 12.5 Å². The van der Waals surface area contributed by atoms with Gasteiger partial charge in [0, 0.05) is 10.7 Å². The van der Waals surface area contributed by atoms with E-state index < -0.39 is 0 Å². The second kappa shape index (κ2) is 4.94. The summed E-state index contributed by atoms with van der Waals surface area (Å²) >= 11 is 5.97. The predicted molar refractivity (Wildman–Crippen MR) is 80.2 cm³/mol. The van der Waals surface area contributed by atoms with Crippen LogP contribution < -0.4 is 5.32 Å². The minimum Gasteiger partial charge on any atom is -0.326 e. The van der Waals surface area contributed by atoms with E-state index in [0.717, 1.165) is 29.1 Å². The van der Waals surface area contributed by atoms with Crippen molar-refractivity contribution < 1.29 is 0 Å². The van der Waals surface area contributed by atoms with Crippen LogP contribution in [0.2, 0.25) is 5.02 Å². The number of nitrogens with zero attached hydrogens (tertiary/aromatic N) is 1. The van der Waals surface area contributed by atoms with Gasteiger partial charge < -0.3 is 10.3 Å². The molecule has 0 aliphatic rings. The second-order valence-electron chi connectivity index (χ2n) is 4.38. The van der Waals surface area contributed by atoms with E-state index in [2.05, 4.69) is 34.3 Å². The van der Waals surface area contributed by atoms with Gasteiger partial charge in [0.05, 0.1) is 11.0 Å². The molecule has 0 aliphatic carbocycles. The Kier molecular flexibility index (Phi) is 3.13. The lowest BCUT2D eigenvalue weighted by atomic mass is 10.1. The van der Waals surface area contributed by atoms with Crippen molar-refractivity contribution in [1.29, 1.82) is 0 Å². The van der Waals surface area contributed by atoms with Gasteiger partial charge in [-0.1, -0.05) is 36.7 Å². The number of hydrogen-bond acceptors (Lipinski definition) is 2. The highest BCUT2D eigenvalue weighted by atomic mass is 35.5. The Bertz CT molecular complexity index is 718. The monoisotopic (exact) mass is 271 g/mol. The number of anilines is 2. The quantitative estimate of drug-likeness (QED) is 0.735. The molecular formula is C15H14ClN3. The molecule has 0 aliphatic heterocycles. The van der Waals surface area contributed by atoms with Gasteiger partial charge in [0.15, 0.2) is 0 Å². The van der Waals surface area contributed by atoms with Crippen molar-refractivity contribution in [1.82, 2.24) is 9.97 Å². The van der Waals surface area contributed by atoms with Crippen LogP contribution in [0.25, 0.3) is 11.0 Å². The van der Waals surface area contributed by atoms with E-state index in [1.165, 1.54) is 5.56 Å². The molecule has 19 heavy (non-hydrogen) atoms. The van der Waals surface area contributed by atoms with Crippen LogP contribution in [0.4, 0.5) is 11.6 Å². The van der Waals surface area contributed by atoms with Crippen molar-refractivity contribution in [2.45, 2.75) is 13.3 Å². The highest BCUT2D eigenvalue weighted by Crippen LogP contribution is 2.23. The van der Waals surface area contributed by atoms with Crippen LogP contribution in [-0.2, 0) is 6.42 Å². The number of halogens is 1. The average Bonchev–Trinajstić information content (AvgIpc) is 2.80. The maximum Gasteiger partial charge on any atom is 0.205 e. The van der Waals surface area contributed by atoms with E-state index in [9.17, 15) is 0 Å². The molecule has 3 nitrogen and oxygen atoms in total. The fourth-order valence-electron chi connectivity index (χ4n) is 2.12. The molecule has 3 aromatic rings. The smallest absolute Gasteiger partial charge is 0.205 e. The van der Waals surface area contributed by atoms with E-state index >= 15 is 0 Å². The predicted octanol–water partition coefficient (Wildman–Crippen LogP) is 4.52. The zero-order chi connectivity index (χ0) is 13.2. The van der Waals surface area contributed by atoms with Crippen LogP contribution in [-0.4, -0.2) is 9.97 Å². The van der Waals surface area contributed by atoms with Crippen molar-refractivity contribution in [3.8, 4) is 0 Å². The summed E-state index contributed by atoms with van der Waals surface area (Å²) in [6.45, 7) is 2.14. The molecule has 0 fully saturated rings. The van der Waals surface area contributed by atoms with Crippen molar-refractivity contribution in [2.24, 2.45) is 0 Å². The third-order valence-corrected chi connectivity index (χ3v) is 3.33. The summed E-state index contributed by atoms with van der Waals surface area (Å²) in [6.07, 6.45) is 0.981. The first kappa shape index (κ1) is 12.1. The summed E-state index contributed by atoms with van der Waals surface area (Å²) < 4.78 is 0. The zero-order valence-electron chi connectivity index (χ0n) is 10.6. The lowest BCUT2D eigenvalue weighted by molar-refractivity contribution is 1.13. The van der Waals surface area contributed by atoms with Crippen molar-refractivity contribution in [3.63, 3.8) is 0 Å². The summed E-state index contributed by atoms with van der Waals surface area (Å²) in [7, 11) is 0. The number of nitrogens with one attached hydrogen (secondary N) is 2. The largest absolute Gasteiger partial charge is 0.326 e. The SMILES string of the molecule is CCc1ccccc1Nc1nc2ccc(Cl)cc2[nH]1. The van der Waals surface area contributed by atoms with Gasteiger partial charge in [-0.15, -0.1) is 0 Å². The maximum atomic E-state index is 5.97. The van der Waals surface area contributed by atoms with E-state index in [-0.39, 0.29) is 0 Å². The van der Waals surface area contributed by atoms with Gasteiger partial charge in [0.25, 0.3) is 0 Å². The van der Waals surface area contributed by atoms with E-state index in [4.69, 9.17) is 11.6 Å². The first-order chi connectivity index (χ1) is 9.26. The number of aromatic amines is 1. The average molecular weight is 272 g/mol. The van der Waals surface area contributed by atoms with E-state index in [1.807, 2.05) is 30.3 Å². The number of aryl methyl sites for hydroxylation is 1. The number of hydrogen-bond donors (Lipinski definition) is 2. The fourth-order valence-corrected chi connectivity index (χ4v) is 2.29. The molecule has 1 aromatic heterocycles. The summed E-state index contributed by atoms with van der Waals surface area (Å²) in [4.78, 5) is 7.73. The minimum absolute atomic E-state index is 0.705. The van der Waals surface area contributed by atoms with Crippen LogP contribution in [0, 0.1) is 0 Å². The molecule has 2 aromatic carbocycles. The summed E-state index contributed by atoms with van der Waals surface area (Å²) in [5, 5.41) is 4.03. The molecule has 4 heteroatoms. The first-order valence-electron chi connectivity index (χ1n) is 6.26. The molecular weight excluding hydrogens is 258 g/mol. The molecule has 0 spiro atoms. The molecule has 96 valence electrons. The van der Waals surface area contributed by atoms with Gasteiger partial charge in [-0.2, -0.15) is 0 Å². The number of aromatic nitrogens is 2. The third-order valence-electron chi connectivity index (χ3n) is 3.10. The molecule has 0 amide bonds. The number of fused-ring (bicyclic) bond motifs is 1. The molecule has 2 N–H and O–H groups in total. The maximum absolute atomic E-state index is 5.97. The molecule has 1 heterocycles. The summed E-state index contributed by atoms with van der Waals surface area (Å²) in [5.74, 6) is 0.734. The van der Waals surface area contributed by atoms with Gasteiger partial charge in [-0.3, -0.25) is 0 Å². The molecule has 0 atom stereocenters. The normalized spacial score (nSPS) is 10.8. The summed E-state index contributed by atoms with van der Waals surface area (Å²) in [6, 6.07) is 13.9. The molecule has 0 saturated carbocycles. The van der Waals surface area contributed by atoms with Crippen molar-refractivity contribution in [3.05, 3.63) is 53.1 Å². The van der Waals surface area contributed by atoms with E-state index in [0.29, 0.717) is 5.02 Å². The van der Waals surface area contributed by atoms with E-state index in [1.54, 1.807) is 0 Å². The van der Waals surface area contributed by atoms with Crippen molar-refractivity contribution >= 4 is 34.3 Å². The Balaban J connectivity index is 1.96. The molecule has 0 unspecified atom stereocenters. The second-order valence-corrected chi connectivity index (χ2v) is 4.82. The topological polar surface area (TPSA) is 40.7 Å². The Labute approximate surface area is 116 Å². The lowest BCUT2D eigenvalue weighted by Crippen LogP contribution is -1.96. The lowest BCUT2D eigenvalue weighted by Gasteiger charge is -2.07. The van der Waals surface area contributed by atoms with Gasteiger partial charge in [-0.05, 0) is 36.2 Å². The minimum atomic E-state index is 0.705. The summed E-state index contributed by atoms with van der Waals surface area (Å²) in [5.41, 5.74) is 4.18. The fraction of sp³-hybridized carbons (Fsp3) is 0.133. The third kappa shape index (κ3) is 2.42. The Morgan fingerprint density at radius 2 is 2.05 bits per heavy atom. The zero-order valence-corrected chi connectivity index (χ0v) is 11.3. The first-order valence-corrected chi connectivity index (χ1v) is 6.64. The molecule has 0 bridgehead atoms. The Hall–Kier alpha value is -2.00. The standard InChI is InChI=1S/C15H14ClN3/c1-2-10-5-3-4-6-12(10)17-15-18-13-8-7-11(16)9-14(13)19-15/h3-9H,2H2,1H3,(H2,17,18,19). The molecule has 3 rings (SSSR count). The van der Waals surface area contributed by atoms with Crippen LogP contribution in [0.5, 0.6) is 0 Å². The number of rotatable bonds is 3. The Morgan fingerprint density at radius 3 is 2.89 bits per heavy atom. The van der Waals surface area contributed by atoms with Gasteiger partial charge >= 0.3 is 0 Å². The van der Waals surface area contributed by atoms with Gasteiger partial charge in [-0.25, -0.2) is 4.98 Å². The number of imidazole rings is 1. The van der Waals surface area contributed by atoms with Gasteiger partial charge in [0.2, 0.25) is 5.95 Å². The number of benzene rings is 2. The highest BCUT2D eigenvalue weighted by Gasteiger charge is 2.05. The molecule has 0 saturated heterocycles. The van der Waals surface area contributed by atoms with Gasteiger partial charge in [0.1, 0.15) is 0 Å². The number of H-pyrrole nitrogens is 1. The Morgan fingerprint density at radius 1 is 1.21 bits per heavy atom. The van der Waals surface area contributed by atoms with Crippen LogP contribution in [0.3, 0.4) is 0 Å². The van der Waals surface area contributed by atoms with Crippen molar-refractivity contribution in [2.75, 3.05) is 5.32 Å². The molecule has 0 radical (unpaired) electrons.